The number of aromatic nitrogens is 3. The monoisotopic (exact) mass is 346 g/mol. The van der Waals surface area contributed by atoms with E-state index in [9.17, 15) is 4.79 Å². The topological polar surface area (TPSA) is 72.8 Å². The zero-order chi connectivity index (χ0) is 18.7. The van der Waals surface area contributed by atoms with Crippen molar-refractivity contribution in [1.29, 1.82) is 5.26 Å². The van der Waals surface area contributed by atoms with Crippen molar-refractivity contribution in [1.82, 2.24) is 14.3 Å². The highest BCUT2D eigenvalue weighted by atomic mass is 16.5. The van der Waals surface area contributed by atoms with Crippen LogP contribution >= 0.6 is 0 Å². The summed E-state index contributed by atoms with van der Waals surface area (Å²) < 4.78 is 8.41. The molecule has 0 saturated heterocycles. The third-order valence-corrected chi connectivity index (χ3v) is 3.98. The quantitative estimate of drug-likeness (QED) is 0.412. The van der Waals surface area contributed by atoms with Gasteiger partial charge in [-0.05, 0) is 62.4 Å². The first-order chi connectivity index (χ1) is 12.5. The van der Waals surface area contributed by atoms with Gasteiger partial charge in [0.25, 0.3) is 0 Å². The Morgan fingerprint density at radius 2 is 1.88 bits per heavy atom. The molecule has 0 aliphatic heterocycles. The molecular weight excluding hydrogens is 328 g/mol. The van der Waals surface area contributed by atoms with Crippen molar-refractivity contribution in [2.24, 2.45) is 0 Å². The lowest BCUT2D eigenvalue weighted by atomic mass is 10.2. The summed E-state index contributed by atoms with van der Waals surface area (Å²) in [7, 11) is 1.25. The van der Waals surface area contributed by atoms with Crippen LogP contribution < -0.4 is 0 Å². The Morgan fingerprint density at radius 3 is 2.46 bits per heavy atom. The summed E-state index contributed by atoms with van der Waals surface area (Å²) in [5.74, 6) is -0.653. The Kier molecular flexibility index (Phi) is 4.72. The van der Waals surface area contributed by atoms with Crippen LogP contribution in [0.3, 0.4) is 0 Å². The molecule has 6 nitrogen and oxygen atoms in total. The molecule has 0 unspecified atom stereocenters. The summed E-state index contributed by atoms with van der Waals surface area (Å²) in [6.45, 7) is 3.98. The third kappa shape index (κ3) is 3.28. The van der Waals surface area contributed by atoms with Gasteiger partial charge in [-0.15, -0.1) is 0 Å². The largest absolute Gasteiger partial charge is 0.465 e. The Morgan fingerprint density at radius 1 is 1.19 bits per heavy atom. The van der Waals surface area contributed by atoms with Gasteiger partial charge in [0, 0.05) is 23.3 Å². The Hall–Kier alpha value is -3.59. The zero-order valence-electron chi connectivity index (χ0n) is 14.8. The van der Waals surface area contributed by atoms with E-state index >= 15 is 0 Å². The van der Waals surface area contributed by atoms with Gasteiger partial charge in [0.2, 0.25) is 0 Å². The molecule has 0 saturated carbocycles. The number of aryl methyl sites for hydroxylation is 2. The van der Waals surface area contributed by atoms with E-state index in [1.165, 1.54) is 13.2 Å². The van der Waals surface area contributed by atoms with Gasteiger partial charge in [0.1, 0.15) is 11.6 Å². The number of nitriles is 1. The number of esters is 1. The first kappa shape index (κ1) is 17.2. The van der Waals surface area contributed by atoms with Crippen molar-refractivity contribution in [2.75, 3.05) is 7.11 Å². The normalized spacial score (nSPS) is 11.2. The lowest BCUT2D eigenvalue weighted by molar-refractivity contribution is -0.135. The standard InChI is InChI=1S/C20H18N4O2/c1-14-11-15(2)24(22-14)18-8-6-17(7-9-18)23-10-4-5-19(23)12-16(13-21)20(25)26-3/h4-12H,1-3H3/b16-12+. The number of benzene rings is 1. The summed E-state index contributed by atoms with van der Waals surface area (Å²) in [5, 5.41) is 13.6. The van der Waals surface area contributed by atoms with Crippen molar-refractivity contribution < 1.29 is 9.53 Å². The van der Waals surface area contributed by atoms with Crippen LogP contribution in [0.5, 0.6) is 0 Å². The number of carbonyl (C=O) groups excluding carboxylic acids is 1. The molecule has 0 fully saturated rings. The average Bonchev–Trinajstić information content (AvgIpc) is 3.24. The minimum atomic E-state index is -0.653. The fourth-order valence-corrected chi connectivity index (χ4v) is 2.79. The molecule has 0 atom stereocenters. The number of carbonyl (C=O) groups is 1. The van der Waals surface area contributed by atoms with Gasteiger partial charge in [-0.2, -0.15) is 10.4 Å². The van der Waals surface area contributed by atoms with E-state index in [1.54, 1.807) is 0 Å². The van der Waals surface area contributed by atoms with Crippen molar-refractivity contribution in [2.45, 2.75) is 13.8 Å². The average molecular weight is 346 g/mol. The summed E-state index contributed by atoms with van der Waals surface area (Å²) in [4.78, 5) is 11.6. The molecule has 6 heteroatoms. The van der Waals surface area contributed by atoms with E-state index in [0.29, 0.717) is 5.69 Å². The molecule has 1 aromatic carbocycles. The van der Waals surface area contributed by atoms with Crippen LogP contribution in [0, 0.1) is 25.2 Å². The maximum Gasteiger partial charge on any atom is 0.348 e. The summed E-state index contributed by atoms with van der Waals surface area (Å²) >= 11 is 0. The number of hydrogen-bond acceptors (Lipinski definition) is 4. The van der Waals surface area contributed by atoms with E-state index in [-0.39, 0.29) is 5.57 Å². The van der Waals surface area contributed by atoms with Crippen molar-refractivity contribution >= 4 is 12.0 Å². The molecule has 0 aliphatic carbocycles. The third-order valence-electron chi connectivity index (χ3n) is 3.98. The molecule has 0 amide bonds. The lowest BCUT2D eigenvalue weighted by Gasteiger charge is -2.09. The van der Waals surface area contributed by atoms with Gasteiger partial charge < -0.3 is 9.30 Å². The maximum absolute atomic E-state index is 11.6. The fraction of sp³-hybridized carbons (Fsp3) is 0.150. The Balaban J connectivity index is 1.96. The second-order valence-corrected chi connectivity index (χ2v) is 5.82. The maximum atomic E-state index is 11.6. The fourth-order valence-electron chi connectivity index (χ4n) is 2.79. The van der Waals surface area contributed by atoms with E-state index in [0.717, 1.165) is 22.8 Å². The molecule has 0 bridgehead atoms. The molecule has 26 heavy (non-hydrogen) atoms. The van der Waals surface area contributed by atoms with Gasteiger partial charge >= 0.3 is 5.97 Å². The molecule has 0 aliphatic rings. The van der Waals surface area contributed by atoms with Crippen LogP contribution in [0.25, 0.3) is 17.5 Å². The van der Waals surface area contributed by atoms with Crippen molar-refractivity contribution in [3.05, 3.63) is 71.3 Å². The van der Waals surface area contributed by atoms with E-state index < -0.39 is 5.97 Å². The van der Waals surface area contributed by atoms with Crippen molar-refractivity contribution in [3.8, 4) is 17.4 Å². The second kappa shape index (κ2) is 7.11. The highest BCUT2D eigenvalue weighted by molar-refractivity contribution is 5.97. The number of methoxy groups -OCH3 is 1. The van der Waals surface area contributed by atoms with E-state index in [1.807, 2.05) is 77.8 Å². The van der Waals surface area contributed by atoms with Gasteiger partial charge in [0.05, 0.1) is 18.5 Å². The van der Waals surface area contributed by atoms with Gasteiger partial charge in [0.15, 0.2) is 0 Å². The molecule has 130 valence electrons. The Labute approximate surface area is 151 Å². The van der Waals surface area contributed by atoms with Gasteiger partial charge in [-0.3, -0.25) is 0 Å². The number of ether oxygens (including phenoxy) is 1. The number of hydrogen-bond donors (Lipinski definition) is 0. The smallest absolute Gasteiger partial charge is 0.348 e. The molecular formula is C20H18N4O2. The van der Waals surface area contributed by atoms with Crippen LogP contribution in [-0.2, 0) is 9.53 Å². The van der Waals surface area contributed by atoms with Crippen LogP contribution in [0.4, 0.5) is 0 Å². The molecule has 3 rings (SSSR count). The molecule has 0 spiro atoms. The predicted molar refractivity (Wildman–Crippen MR) is 98.0 cm³/mol. The number of rotatable bonds is 4. The van der Waals surface area contributed by atoms with E-state index in [4.69, 9.17) is 5.26 Å². The first-order valence-electron chi connectivity index (χ1n) is 8.05. The zero-order valence-corrected chi connectivity index (χ0v) is 14.8. The lowest BCUT2D eigenvalue weighted by Crippen LogP contribution is -2.04. The number of nitrogens with zero attached hydrogens (tertiary/aromatic N) is 4. The highest BCUT2D eigenvalue weighted by Crippen LogP contribution is 2.19. The van der Waals surface area contributed by atoms with Gasteiger partial charge in [-0.25, -0.2) is 9.48 Å². The Bertz CT molecular complexity index is 1020. The van der Waals surface area contributed by atoms with Crippen molar-refractivity contribution in [3.63, 3.8) is 0 Å². The van der Waals surface area contributed by atoms with Gasteiger partial charge in [-0.1, -0.05) is 0 Å². The summed E-state index contributed by atoms with van der Waals surface area (Å²) in [6, 6.07) is 15.5. The molecule has 2 aromatic heterocycles. The van der Waals surface area contributed by atoms with Crippen LogP contribution in [0.1, 0.15) is 17.1 Å². The SMILES string of the molecule is COC(=O)/C(C#N)=C/c1cccn1-c1ccc(-n2nc(C)cc2C)cc1. The minimum absolute atomic E-state index is 0.0493. The first-order valence-corrected chi connectivity index (χ1v) is 8.05. The predicted octanol–water partition coefficient (Wildman–Crippen LogP) is 3.36. The van der Waals surface area contributed by atoms with Crippen LogP contribution in [-0.4, -0.2) is 27.4 Å². The van der Waals surface area contributed by atoms with Crippen LogP contribution in [0.2, 0.25) is 0 Å². The molecule has 2 heterocycles. The molecule has 0 radical (unpaired) electrons. The molecule has 0 N–H and O–H groups in total. The van der Waals surface area contributed by atoms with E-state index in [2.05, 4.69) is 9.84 Å². The second-order valence-electron chi connectivity index (χ2n) is 5.82. The summed E-state index contributed by atoms with van der Waals surface area (Å²) in [5.41, 5.74) is 4.58. The highest BCUT2D eigenvalue weighted by Gasteiger charge is 2.11. The molecule has 3 aromatic rings. The minimum Gasteiger partial charge on any atom is -0.465 e. The summed E-state index contributed by atoms with van der Waals surface area (Å²) in [6.07, 6.45) is 3.39. The van der Waals surface area contributed by atoms with Crippen LogP contribution in [0.15, 0.2) is 54.2 Å².